The summed E-state index contributed by atoms with van der Waals surface area (Å²) in [6.07, 6.45) is 4.73. The topological polar surface area (TPSA) is 44.4 Å². The summed E-state index contributed by atoms with van der Waals surface area (Å²) in [5, 5.41) is 6.54. The maximum absolute atomic E-state index is 12.5. The van der Waals surface area contributed by atoms with Gasteiger partial charge in [0.05, 0.1) is 6.04 Å². The Morgan fingerprint density at radius 3 is 2.58 bits per heavy atom. The molecule has 0 aliphatic carbocycles. The van der Waals surface area contributed by atoms with Crippen molar-refractivity contribution in [3.63, 3.8) is 0 Å². The molecule has 1 aromatic carbocycles. The summed E-state index contributed by atoms with van der Waals surface area (Å²) in [5.74, 6) is 0.138. The summed E-state index contributed by atoms with van der Waals surface area (Å²) in [6.45, 7) is 6.22. The van der Waals surface area contributed by atoms with Crippen molar-refractivity contribution in [3.05, 3.63) is 35.4 Å². The summed E-state index contributed by atoms with van der Waals surface area (Å²) in [5.41, 5.74) is 2.61. The number of amides is 1. The third kappa shape index (κ3) is 5.62. The minimum atomic E-state index is -0.0984. The Kier molecular flexibility index (Phi) is 9.06. The zero-order chi connectivity index (χ0) is 15.4. The maximum Gasteiger partial charge on any atom is 0.237 e. The molecule has 6 heteroatoms. The molecule has 2 aliphatic rings. The third-order valence-electron chi connectivity index (χ3n) is 4.77. The summed E-state index contributed by atoms with van der Waals surface area (Å²) in [7, 11) is 0. The molecule has 0 radical (unpaired) electrons. The van der Waals surface area contributed by atoms with Gasteiger partial charge < -0.3 is 15.5 Å². The van der Waals surface area contributed by atoms with Gasteiger partial charge in [-0.2, -0.15) is 0 Å². The van der Waals surface area contributed by atoms with E-state index >= 15 is 0 Å². The predicted molar refractivity (Wildman–Crippen MR) is 103 cm³/mol. The van der Waals surface area contributed by atoms with E-state index < -0.39 is 0 Å². The highest BCUT2D eigenvalue weighted by atomic mass is 35.5. The van der Waals surface area contributed by atoms with Crippen LogP contribution in [0, 0.1) is 0 Å². The number of halogens is 2. The average Bonchev–Trinajstić information content (AvgIpc) is 2.55. The first kappa shape index (κ1) is 21.2. The number of benzene rings is 1. The second kappa shape index (κ2) is 10.2. The molecule has 0 bridgehead atoms. The molecule has 0 spiro atoms. The van der Waals surface area contributed by atoms with Crippen LogP contribution in [0.5, 0.6) is 0 Å². The molecule has 2 atom stereocenters. The molecular formula is C18H29Cl2N3O. The van der Waals surface area contributed by atoms with Gasteiger partial charge in [-0.25, -0.2) is 0 Å². The Hall–Kier alpha value is -0.810. The van der Waals surface area contributed by atoms with Crippen molar-refractivity contribution in [2.24, 2.45) is 0 Å². The van der Waals surface area contributed by atoms with Crippen molar-refractivity contribution < 1.29 is 4.79 Å². The first-order valence-electron chi connectivity index (χ1n) is 8.55. The van der Waals surface area contributed by atoms with Gasteiger partial charge in [0.25, 0.3) is 0 Å². The monoisotopic (exact) mass is 373 g/mol. The molecule has 2 aliphatic heterocycles. The summed E-state index contributed by atoms with van der Waals surface area (Å²) >= 11 is 0. The molecule has 0 aromatic heterocycles. The van der Waals surface area contributed by atoms with E-state index in [1.807, 2.05) is 0 Å². The second-order valence-electron chi connectivity index (χ2n) is 6.68. The largest absolute Gasteiger partial charge is 0.351 e. The molecule has 2 N–H and O–H groups in total. The van der Waals surface area contributed by atoms with E-state index in [4.69, 9.17) is 0 Å². The second-order valence-corrected chi connectivity index (χ2v) is 6.68. The van der Waals surface area contributed by atoms with Crippen molar-refractivity contribution in [3.8, 4) is 0 Å². The first-order chi connectivity index (χ1) is 10.7. The zero-order valence-corrected chi connectivity index (χ0v) is 15.9. The van der Waals surface area contributed by atoms with Crippen LogP contribution in [0.1, 0.15) is 37.3 Å². The number of carbonyl (C=O) groups excluding carboxylic acids is 1. The van der Waals surface area contributed by atoms with Gasteiger partial charge >= 0.3 is 0 Å². The fourth-order valence-electron chi connectivity index (χ4n) is 3.56. The lowest BCUT2D eigenvalue weighted by molar-refractivity contribution is -0.124. The molecule has 1 amide bonds. The van der Waals surface area contributed by atoms with Gasteiger partial charge in [-0.1, -0.05) is 30.7 Å². The number of nitrogens with zero attached hydrogens (tertiary/aromatic N) is 1. The van der Waals surface area contributed by atoms with Crippen LogP contribution in [0.3, 0.4) is 0 Å². The van der Waals surface area contributed by atoms with Crippen molar-refractivity contribution in [2.75, 3.05) is 19.6 Å². The molecule has 1 saturated heterocycles. The van der Waals surface area contributed by atoms with Gasteiger partial charge in [0.15, 0.2) is 0 Å². The molecule has 2 unspecified atom stereocenters. The average molecular weight is 374 g/mol. The molecule has 24 heavy (non-hydrogen) atoms. The SMILES string of the molecule is CC(CN1CCCCC1)NC(=O)C1Cc2ccccc2CN1.Cl.Cl. The van der Waals surface area contributed by atoms with Crippen LogP contribution >= 0.6 is 24.8 Å². The molecule has 0 saturated carbocycles. The number of nitrogens with one attached hydrogen (secondary N) is 2. The minimum absolute atomic E-state index is 0. The standard InChI is InChI=1S/C18H27N3O.2ClH/c1-14(13-21-9-5-2-6-10-21)20-18(22)17-11-15-7-3-4-8-16(15)12-19-17;;/h3-4,7-8,14,17,19H,2,5-6,9-13H2,1H3,(H,20,22);2*1H. The number of likely N-dealkylation sites (tertiary alicyclic amines) is 1. The van der Waals surface area contributed by atoms with E-state index in [1.54, 1.807) is 0 Å². The molecule has 1 aromatic rings. The van der Waals surface area contributed by atoms with Gasteiger partial charge in [-0.05, 0) is 50.4 Å². The lowest BCUT2D eigenvalue weighted by atomic mass is 9.95. The predicted octanol–water partition coefficient (Wildman–Crippen LogP) is 2.54. The van der Waals surface area contributed by atoms with Gasteiger partial charge in [0.2, 0.25) is 5.91 Å². The number of hydrogen-bond donors (Lipinski definition) is 2. The number of fused-ring (bicyclic) bond motifs is 1. The van der Waals surface area contributed by atoms with Gasteiger partial charge in [-0.15, -0.1) is 24.8 Å². The quantitative estimate of drug-likeness (QED) is 0.852. The van der Waals surface area contributed by atoms with E-state index in [1.165, 1.54) is 43.5 Å². The molecule has 4 nitrogen and oxygen atoms in total. The van der Waals surface area contributed by atoms with Crippen LogP contribution in [0.15, 0.2) is 24.3 Å². The number of rotatable bonds is 4. The zero-order valence-electron chi connectivity index (χ0n) is 14.3. The van der Waals surface area contributed by atoms with Crippen LogP contribution in [-0.4, -0.2) is 42.5 Å². The van der Waals surface area contributed by atoms with E-state index in [-0.39, 0.29) is 42.8 Å². The molecule has 136 valence electrons. The van der Waals surface area contributed by atoms with Crippen LogP contribution in [0.2, 0.25) is 0 Å². The fraction of sp³-hybridized carbons (Fsp3) is 0.611. The van der Waals surface area contributed by atoms with Gasteiger partial charge in [0, 0.05) is 19.1 Å². The first-order valence-corrected chi connectivity index (χ1v) is 8.55. The highest BCUT2D eigenvalue weighted by molar-refractivity contribution is 5.85. The summed E-state index contributed by atoms with van der Waals surface area (Å²) < 4.78 is 0. The molecular weight excluding hydrogens is 345 g/mol. The summed E-state index contributed by atoms with van der Waals surface area (Å²) in [4.78, 5) is 14.9. The van der Waals surface area contributed by atoms with Crippen LogP contribution in [-0.2, 0) is 17.8 Å². The van der Waals surface area contributed by atoms with Gasteiger partial charge in [0.1, 0.15) is 0 Å². The van der Waals surface area contributed by atoms with Crippen LogP contribution < -0.4 is 10.6 Å². The van der Waals surface area contributed by atoms with Crippen LogP contribution in [0.4, 0.5) is 0 Å². The summed E-state index contributed by atoms with van der Waals surface area (Å²) in [6, 6.07) is 8.49. The van der Waals surface area contributed by atoms with E-state index in [9.17, 15) is 4.79 Å². The van der Waals surface area contributed by atoms with Crippen molar-refractivity contribution >= 4 is 30.7 Å². The van der Waals surface area contributed by atoms with Crippen molar-refractivity contribution in [1.29, 1.82) is 0 Å². The number of hydrogen-bond acceptors (Lipinski definition) is 3. The molecule has 2 heterocycles. The van der Waals surface area contributed by atoms with Gasteiger partial charge in [-0.3, -0.25) is 4.79 Å². The lowest BCUT2D eigenvalue weighted by Gasteiger charge is -2.31. The Bertz CT molecular complexity index is 521. The number of carbonyl (C=O) groups is 1. The lowest BCUT2D eigenvalue weighted by Crippen LogP contribution is -2.52. The van der Waals surface area contributed by atoms with Crippen LogP contribution in [0.25, 0.3) is 0 Å². The number of piperidine rings is 1. The smallest absolute Gasteiger partial charge is 0.237 e. The Morgan fingerprint density at radius 2 is 1.88 bits per heavy atom. The highest BCUT2D eigenvalue weighted by Crippen LogP contribution is 2.16. The maximum atomic E-state index is 12.5. The highest BCUT2D eigenvalue weighted by Gasteiger charge is 2.25. The fourth-order valence-corrected chi connectivity index (χ4v) is 3.56. The third-order valence-corrected chi connectivity index (χ3v) is 4.77. The van der Waals surface area contributed by atoms with Crippen molar-refractivity contribution in [2.45, 2.75) is 51.2 Å². The Morgan fingerprint density at radius 1 is 1.21 bits per heavy atom. The normalized spacial score (nSPS) is 21.6. The molecule has 3 rings (SSSR count). The molecule has 1 fully saturated rings. The van der Waals surface area contributed by atoms with E-state index in [0.29, 0.717) is 0 Å². The Labute approximate surface area is 157 Å². The van der Waals surface area contributed by atoms with E-state index in [0.717, 1.165) is 19.5 Å². The van der Waals surface area contributed by atoms with Crippen molar-refractivity contribution in [1.82, 2.24) is 15.5 Å². The van der Waals surface area contributed by atoms with E-state index in [2.05, 4.69) is 46.7 Å². The Balaban J connectivity index is 0.00000144. The minimum Gasteiger partial charge on any atom is -0.351 e.